The van der Waals surface area contributed by atoms with Crippen molar-refractivity contribution in [2.24, 2.45) is 0 Å². The molecule has 1 saturated heterocycles. The highest BCUT2D eigenvalue weighted by atomic mass is 35.5. The van der Waals surface area contributed by atoms with E-state index in [-0.39, 0.29) is 11.9 Å². The molecular weight excluding hydrogens is 287 g/mol. The summed E-state index contributed by atoms with van der Waals surface area (Å²) in [7, 11) is 3.38. The number of amides is 1. The minimum absolute atomic E-state index is 0.0173. The van der Waals surface area contributed by atoms with Crippen molar-refractivity contribution in [3.8, 4) is 0 Å². The van der Waals surface area contributed by atoms with Gasteiger partial charge in [0.1, 0.15) is 11.9 Å². The van der Waals surface area contributed by atoms with Gasteiger partial charge in [-0.1, -0.05) is 23.2 Å². The minimum Gasteiger partial charge on any atom is -0.372 e. The summed E-state index contributed by atoms with van der Waals surface area (Å²) < 4.78 is 0. The van der Waals surface area contributed by atoms with E-state index in [2.05, 4.69) is 15.6 Å². The third-order valence-corrected chi connectivity index (χ3v) is 3.79. The first kappa shape index (κ1) is 14.2. The number of likely N-dealkylation sites (N-methyl/N-ethyl adjacent to an activating group) is 1. The van der Waals surface area contributed by atoms with Gasteiger partial charge in [0.25, 0.3) is 0 Å². The zero-order valence-corrected chi connectivity index (χ0v) is 12.3. The van der Waals surface area contributed by atoms with Gasteiger partial charge in [0, 0.05) is 20.6 Å². The van der Waals surface area contributed by atoms with Crippen LogP contribution in [0.5, 0.6) is 0 Å². The SMILES string of the molecule is CNC(=O)C1CCCN1c1nc(NC)c(Cl)cc1Cl. The fraction of sp³-hybridized carbons (Fsp3) is 0.500. The monoisotopic (exact) mass is 302 g/mol. The molecule has 1 fully saturated rings. The summed E-state index contributed by atoms with van der Waals surface area (Å²) in [5.41, 5.74) is 0. The Morgan fingerprint density at radius 3 is 2.79 bits per heavy atom. The Kier molecular flexibility index (Phi) is 4.37. The Morgan fingerprint density at radius 2 is 2.16 bits per heavy atom. The van der Waals surface area contributed by atoms with Crippen LogP contribution in [0.15, 0.2) is 6.07 Å². The molecule has 0 bridgehead atoms. The second kappa shape index (κ2) is 5.84. The van der Waals surface area contributed by atoms with E-state index in [1.807, 2.05) is 4.90 Å². The van der Waals surface area contributed by atoms with E-state index < -0.39 is 0 Å². The normalized spacial score (nSPS) is 18.5. The third kappa shape index (κ3) is 2.72. The highest BCUT2D eigenvalue weighted by molar-refractivity contribution is 6.37. The van der Waals surface area contributed by atoms with Crippen LogP contribution in [0.25, 0.3) is 0 Å². The Balaban J connectivity index is 2.37. The molecule has 19 heavy (non-hydrogen) atoms. The number of hydrogen-bond donors (Lipinski definition) is 2. The number of nitrogens with one attached hydrogen (secondary N) is 2. The van der Waals surface area contributed by atoms with Crippen LogP contribution in [0.2, 0.25) is 10.0 Å². The standard InChI is InChI=1S/C12H16Cl2N4O/c1-15-10-7(13)6-8(14)11(17-10)18-5-3-4-9(18)12(19)16-2/h6,9H,3-5H2,1-2H3,(H,15,17)(H,16,19). The smallest absolute Gasteiger partial charge is 0.242 e. The molecule has 2 heterocycles. The fourth-order valence-electron chi connectivity index (χ4n) is 2.29. The average molecular weight is 303 g/mol. The number of carbonyl (C=O) groups is 1. The fourth-order valence-corrected chi connectivity index (χ4v) is 2.85. The maximum Gasteiger partial charge on any atom is 0.242 e. The van der Waals surface area contributed by atoms with Crippen LogP contribution in [0.3, 0.4) is 0 Å². The van der Waals surface area contributed by atoms with Gasteiger partial charge < -0.3 is 15.5 Å². The van der Waals surface area contributed by atoms with E-state index in [0.717, 1.165) is 19.4 Å². The number of hydrogen-bond acceptors (Lipinski definition) is 4. The summed E-state index contributed by atoms with van der Waals surface area (Å²) in [5.74, 6) is 1.14. The number of carbonyl (C=O) groups excluding carboxylic acids is 1. The van der Waals surface area contributed by atoms with E-state index in [4.69, 9.17) is 23.2 Å². The Hall–Kier alpha value is -1.20. The minimum atomic E-state index is -0.221. The molecule has 1 unspecified atom stereocenters. The van der Waals surface area contributed by atoms with Gasteiger partial charge in [0.05, 0.1) is 10.0 Å². The lowest BCUT2D eigenvalue weighted by Crippen LogP contribution is -2.42. The van der Waals surface area contributed by atoms with Crippen LogP contribution in [0.1, 0.15) is 12.8 Å². The van der Waals surface area contributed by atoms with Gasteiger partial charge in [-0.2, -0.15) is 0 Å². The van der Waals surface area contributed by atoms with Gasteiger partial charge in [0.15, 0.2) is 5.82 Å². The lowest BCUT2D eigenvalue weighted by Gasteiger charge is -2.25. The first-order valence-corrected chi connectivity index (χ1v) is 6.86. The summed E-state index contributed by atoms with van der Waals surface area (Å²) >= 11 is 12.2. The lowest BCUT2D eigenvalue weighted by atomic mass is 10.2. The number of rotatable bonds is 3. The number of nitrogens with zero attached hydrogens (tertiary/aromatic N) is 2. The molecule has 1 aliphatic rings. The zero-order valence-electron chi connectivity index (χ0n) is 10.8. The Bertz CT molecular complexity index is 495. The van der Waals surface area contributed by atoms with Crippen molar-refractivity contribution in [3.63, 3.8) is 0 Å². The summed E-state index contributed by atoms with van der Waals surface area (Å²) in [5, 5.41) is 6.51. The molecule has 0 radical (unpaired) electrons. The number of anilines is 2. The molecule has 0 aromatic carbocycles. The van der Waals surface area contributed by atoms with Crippen LogP contribution in [0.4, 0.5) is 11.6 Å². The van der Waals surface area contributed by atoms with Crippen LogP contribution < -0.4 is 15.5 Å². The first-order chi connectivity index (χ1) is 9.08. The molecule has 2 rings (SSSR count). The zero-order chi connectivity index (χ0) is 14.0. The second-order valence-electron chi connectivity index (χ2n) is 4.34. The van der Waals surface area contributed by atoms with Gasteiger partial charge in [-0.3, -0.25) is 4.79 Å². The third-order valence-electron chi connectivity index (χ3n) is 3.22. The molecule has 104 valence electrons. The predicted molar refractivity (Wildman–Crippen MR) is 78.2 cm³/mol. The maximum atomic E-state index is 11.9. The molecule has 1 atom stereocenters. The van der Waals surface area contributed by atoms with Crippen molar-refractivity contribution >= 4 is 40.7 Å². The van der Waals surface area contributed by atoms with Crippen molar-refractivity contribution in [2.75, 3.05) is 30.9 Å². The lowest BCUT2D eigenvalue weighted by molar-refractivity contribution is -0.121. The predicted octanol–water partition coefficient (Wildman–Crippen LogP) is 2.14. The molecule has 2 N–H and O–H groups in total. The largest absolute Gasteiger partial charge is 0.372 e. The molecule has 0 saturated carbocycles. The molecule has 1 amide bonds. The van der Waals surface area contributed by atoms with Gasteiger partial charge in [-0.05, 0) is 18.9 Å². The molecule has 1 aromatic heterocycles. The maximum absolute atomic E-state index is 11.9. The summed E-state index contributed by atoms with van der Waals surface area (Å²) in [6.07, 6.45) is 1.74. The summed E-state index contributed by atoms with van der Waals surface area (Å²) in [4.78, 5) is 18.2. The van der Waals surface area contributed by atoms with Gasteiger partial charge in [0.2, 0.25) is 5.91 Å². The van der Waals surface area contributed by atoms with Crippen molar-refractivity contribution in [1.29, 1.82) is 0 Å². The molecule has 7 heteroatoms. The topological polar surface area (TPSA) is 57.3 Å². The number of aromatic nitrogens is 1. The van der Waals surface area contributed by atoms with E-state index >= 15 is 0 Å². The highest BCUT2D eigenvalue weighted by Gasteiger charge is 2.32. The molecule has 0 spiro atoms. The highest BCUT2D eigenvalue weighted by Crippen LogP contribution is 2.34. The van der Waals surface area contributed by atoms with Crippen molar-refractivity contribution in [3.05, 3.63) is 16.1 Å². The average Bonchev–Trinajstić information content (AvgIpc) is 2.87. The summed E-state index contributed by atoms with van der Waals surface area (Å²) in [6.45, 7) is 0.760. The molecular formula is C12H16Cl2N4O. The van der Waals surface area contributed by atoms with Gasteiger partial charge in [-0.25, -0.2) is 4.98 Å². The Morgan fingerprint density at radius 1 is 1.42 bits per heavy atom. The van der Waals surface area contributed by atoms with Crippen LogP contribution in [-0.4, -0.2) is 37.6 Å². The molecule has 5 nitrogen and oxygen atoms in total. The van der Waals surface area contributed by atoms with E-state index in [0.29, 0.717) is 21.7 Å². The Labute approximate surface area is 122 Å². The van der Waals surface area contributed by atoms with Crippen molar-refractivity contribution in [1.82, 2.24) is 10.3 Å². The quantitative estimate of drug-likeness (QED) is 0.898. The van der Waals surface area contributed by atoms with Crippen molar-refractivity contribution in [2.45, 2.75) is 18.9 Å². The van der Waals surface area contributed by atoms with Crippen LogP contribution >= 0.6 is 23.2 Å². The molecule has 0 aliphatic carbocycles. The van der Waals surface area contributed by atoms with Gasteiger partial charge in [-0.15, -0.1) is 0 Å². The first-order valence-electron chi connectivity index (χ1n) is 6.10. The second-order valence-corrected chi connectivity index (χ2v) is 5.15. The van der Waals surface area contributed by atoms with E-state index in [9.17, 15) is 4.79 Å². The number of pyridine rings is 1. The molecule has 1 aromatic rings. The summed E-state index contributed by atoms with van der Waals surface area (Å²) in [6, 6.07) is 1.43. The van der Waals surface area contributed by atoms with Gasteiger partial charge >= 0.3 is 0 Å². The van der Waals surface area contributed by atoms with Crippen LogP contribution in [-0.2, 0) is 4.79 Å². The number of halogens is 2. The van der Waals surface area contributed by atoms with Crippen LogP contribution in [0, 0.1) is 0 Å². The van der Waals surface area contributed by atoms with Crippen molar-refractivity contribution < 1.29 is 4.79 Å². The molecule has 1 aliphatic heterocycles. The van der Waals surface area contributed by atoms with E-state index in [1.165, 1.54) is 0 Å². The van der Waals surface area contributed by atoms with E-state index in [1.54, 1.807) is 20.2 Å².